The molecule has 1 saturated carbocycles. The maximum atomic E-state index is 13.9. The van der Waals surface area contributed by atoms with E-state index < -0.39 is 35.6 Å². The number of aliphatic hydroxyl groups is 1. The van der Waals surface area contributed by atoms with Gasteiger partial charge in [0.1, 0.15) is 5.75 Å². The SMILES string of the molecule is COC[C@H]1C[C@@H]2C(=O)N(c3ccc(Nc4ccccc4)cc3)C(=O)[C@@H]2[C@@H]2C[C@@H](c3cc(Br)ccc3O)O[C@]12O. The Morgan fingerprint density at radius 2 is 1.74 bits per heavy atom. The minimum atomic E-state index is -1.67. The number of carbonyl (C=O) groups excluding carboxylic acids is 2. The lowest BCUT2D eigenvalue weighted by Gasteiger charge is -2.44. The number of hydrogen-bond donors (Lipinski definition) is 3. The second-order valence-corrected chi connectivity index (χ2v) is 11.4. The minimum Gasteiger partial charge on any atom is -0.508 e. The molecule has 0 aromatic heterocycles. The molecule has 6 rings (SSSR count). The minimum absolute atomic E-state index is 0.0462. The summed E-state index contributed by atoms with van der Waals surface area (Å²) >= 11 is 3.43. The van der Waals surface area contributed by atoms with Gasteiger partial charge in [0.05, 0.1) is 30.2 Å². The maximum absolute atomic E-state index is 13.9. The van der Waals surface area contributed by atoms with E-state index in [0.29, 0.717) is 11.3 Å². The fourth-order valence-electron chi connectivity index (χ4n) is 6.49. The van der Waals surface area contributed by atoms with E-state index in [1.807, 2.05) is 42.5 Å². The number of imide groups is 1. The molecule has 3 fully saturated rings. The number of nitrogens with one attached hydrogen (secondary N) is 1. The Morgan fingerprint density at radius 1 is 1.03 bits per heavy atom. The molecule has 0 unspecified atom stereocenters. The van der Waals surface area contributed by atoms with Gasteiger partial charge in [-0.1, -0.05) is 34.1 Å². The summed E-state index contributed by atoms with van der Waals surface area (Å²) in [5.41, 5.74) is 2.78. The Morgan fingerprint density at radius 3 is 2.46 bits per heavy atom. The van der Waals surface area contributed by atoms with E-state index in [1.165, 1.54) is 12.0 Å². The molecule has 9 heteroatoms. The molecule has 1 aliphatic carbocycles. The molecule has 2 heterocycles. The van der Waals surface area contributed by atoms with Gasteiger partial charge in [0.15, 0.2) is 5.79 Å². The molecule has 2 amide bonds. The van der Waals surface area contributed by atoms with Crippen LogP contribution in [0, 0.1) is 23.7 Å². The van der Waals surface area contributed by atoms with E-state index in [9.17, 15) is 19.8 Å². The van der Waals surface area contributed by atoms with Gasteiger partial charge in [-0.15, -0.1) is 0 Å². The summed E-state index contributed by atoms with van der Waals surface area (Å²) in [6.45, 7) is 0.175. The van der Waals surface area contributed by atoms with Crippen molar-refractivity contribution in [1.29, 1.82) is 0 Å². The first-order chi connectivity index (χ1) is 18.8. The van der Waals surface area contributed by atoms with Crippen LogP contribution >= 0.6 is 15.9 Å². The van der Waals surface area contributed by atoms with Gasteiger partial charge < -0.3 is 25.0 Å². The predicted molar refractivity (Wildman–Crippen MR) is 148 cm³/mol. The molecule has 39 heavy (non-hydrogen) atoms. The summed E-state index contributed by atoms with van der Waals surface area (Å²) in [7, 11) is 1.54. The van der Waals surface area contributed by atoms with E-state index in [0.717, 1.165) is 15.8 Å². The molecular weight excluding hydrogens is 564 g/mol. The van der Waals surface area contributed by atoms with Gasteiger partial charge in [-0.05, 0) is 67.4 Å². The molecule has 3 aromatic carbocycles. The molecule has 0 radical (unpaired) electrons. The molecule has 6 atom stereocenters. The second kappa shape index (κ2) is 10.1. The number of methoxy groups -OCH3 is 1. The molecule has 8 nitrogen and oxygen atoms in total. The highest BCUT2D eigenvalue weighted by molar-refractivity contribution is 9.10. The number of fused-ring (bicyclic) bond motifs is 3. The molecule has 0 bridgehead atoms. The number of halogens is 1. The van der Waals surface area contributed by atoms with Crippen LogP contribution in [-0.2, 0) is 19.1 Å². The molecule has 3 N–H and O–H groups in total. The van der Waals surface area contributed by atoms with Crippen molar-refractivity contribution < 1.29 is 29.3 Å². The van der Waals surface area contributed by atoms with Crippen molar-refractivity contribution >= 4 is 44.8 Å². The lowest BCUT2D eigenvalue weighted by atomic mass is 9.64. The number of benzene rings is 3. The van der Waals surface area contributed by atoms with Crippen molar-refractivity contribution in [1.82, 2.24) is 0 Å². The fourth-order valence-corrected chi connectivity index (χ4v) is 6.87. The van der Waals surface area contributed by atoms with Gasteiger partial charge in [-0.3, -0.25) is 14.5 Å². The molecule has 202 valence electrons. The zero-order valence-corrected chi connectivity index (χ0v) is 22.9. The van der Waals surface area contributed by atoms with Gasteiger partial charge in [-0.25, -0.2) is 0 Å². The van der Waals surface area contributed by atoms with Crippen molar-refractivity contribution in [3.8, 4) is 5.75 Å². The summed E-state index contributed by atoms with van der Waals surface area (Å²) < 4.78 is 12.4. The summed E-state index contributed by atoms with van der Waals surface area (Å²) in [6, 6.07) is 21.9. The van der Waals surface area contributed by atoms with E-state index in [1.54, 1.807) is 30.3 Å². The van der Waals surface area contributed by atoms with E-state index >= 15 is 0 Å². The summed E-state index contributed by atoms with van der Waals surface area (Å²) in [4.78, 5) is 28.8. The number of phenolic OH excluding ortho intramolecular Hbond substituents is 1. The first-order valence-electron chi connectivity index (χ1n) is 13.0. The van der Waals surface area contributed by atoms with Gasteiger partial charge in [0.25, 0.3) is 0 Å². The smallest absolute Gasteiger partial charge is 0.238 e. The Balaban J connectivity index is 1.30. The van der Waals surface area contributed by atoms with E-state index in [2.05, 4.69) is 21.2 Å². The second-order valence-electron chi connectivity index (χ2n) is 10.5. The quantitative estimate of drug-likeness (QED) is 0.340. The first kappa shape index (κ1) is 26.0. The number of hydrogen-bond acceptors (Lipinski definition) is 7. The topological polar surface area (TPSA) is 108 Å². The third-order valence-corrected chi connectivity index (χ3v) is 8.75. The molecule has 3 aliphatic rings. The van der Waals surface area contributed by atoms with Crippen molar-refractivity contribution in [3.05, 3.63) is 82.8 Å². The number of nitrogens with zero attached hydrogens (tertiary/aromatic N) is 1. The zero-order chi connectivity index (χ0) is 27.3. The third kappa shape index (κ3) is 4.43. The Bertz CT molecular complexity index is 1400. The zero-order valence-electron chi connectivity index (χ0n) is 21.3. The number of phenols is 1. The number of ether oxygens (including phenoxy) is 2. The molecule has 0 spiro atoms. The van der Waals surface area contributed by atoms with Gasteiger partial charge in [0.2, 0.25) is 11.8 Å². The number of anilines is 3. The number of carbonyl (C=O) groups is 2. The highest BCUT2D eigenvalue weighted by Gasteiger charge is 2.67. The molecule has 2 aliphatic heterocycles. The average Bonchev–Trinajstić information content (AvgIpc) is 3.41. The largest absolute Gasteiger partial charge is 0.508 e. The number of aromatic hydroxyl groups is 1. The van der Waals surface area contributed by atoms with E-state index in [4.69, 9.17) is 9.47 Å². The van der Waals surface area contributed by atoms with Gasteiger partial charge in [-0.2, -0.15) is 0 Å². The highest BCUT2D eigenvalue weighted by atomic mass is 79.9. The van der Waals surface area contributed by atoms with E-state index in [-0.39, 0.29) is 37.0 Å². The molecule has 3 aromatic rings. The summed E-state index contributed by atoms with van der Waals surface area (Å²) in [5.74, 6) is -4.72. The maximum Gasteiger partial charge on any atom is 0.238 e. The van der Waals surface area contributed by atoms with Crippen LogP contribution in [0.15, 0.2) is 77.3 Å². The van der Waals surface area contributed by atoms with Crippen LogP contribution in [0.1, 0.15) is 24.5 Å². The van der Waals surface area contributed by atoms with Gasteiger partial charge in [0, 0.05) is 40.4 Å². The Kier molecular flexibility index (Phi) is 6.71. The lowest BCUT2D eigenvalue weighted by Crippen LogP contribution is -2.54. The number of rotatable bonds is 6. The van der Waals surface area contributed by atoms with Crippen molar-refractivity contribution in [2.24, 2.45) is 23.7 Å². The number of amides is 2. The van der Waals surface area contributed by atoms with Crippen LogP contribution < -0.4 is 10.2 Å². The standard InChI is InChI=1S/C30H29BrN2O6/c1-38-16-17-13-23-27(24-15-26(39-30(17,24)37)22-14-18(31)7-12-25(22)34)29(36)33(28(23)35)21-10-8-20(9-11-21)32-19-5-3-2-4-6-19/h2-12,14,17,23-24,26-27,32,34,37H,13,15-16H2,1H3/t17-,23+,24+,26+,27+,30-/m1/s1. The molecular formula is C30H29BrN2O6. The van der Waals surface area contributed by atoms with Crippen molar-refractivity contribution in [2.75, 3.05) is 23.9 Å². The number of para-hydroxylation sites is 1. The van der Waals surface area contributed by atoms with Crippen LogP contribution in [-0.4, -0.2) is 41.5 Å². The Hall–Kier alpha value is -3.24. The van der Waals surface area contributed by atoms with Crippen LogP contribution in [0.4, 0.5) is 17.1 Å². The Labute approximate surface area is 234 Å². The fraction of sp³-hybridized carbons (Fsp3) is 0.333. The van der Waals surface area contributed by atoms with Crippen molar-refractivity contribution in [2.45, 2.75) is 24.7 Å². The van der Waals surface area contributed by atoms with Crippen LogP contribution in [0.3, 0.4) is 0 Å². The molecule has 2 saturated heterocycles. The third-order valence-electron chi connectivity index (χ3n) is 8.26. The van der Waals surface area contributed by atoms with Crippen LogP contribution in [0.2, 0.25) is 0 Å². The summed E-state index contributed by atoms with van der Waals surface area (Å²) in [6.07, 6.45) is -0.0950. The van der Waals surface area contributed by atoms with Crippen LogP contribution in [0.25, 0.3) is 0 Å². The first-order valence-corrected chi connectivity index (χ1v) is 13.8. The van der Waals surface area contributed by atoms with Crippen molar-refractivity contribution in [3.63, 3.8) is 0 Å². The van der Waals surface area contributed by atoms with Crippen LogP contribution in [0.5, 0.6) is 5.75 Å². The normalized spacial score (nSPS) is 29.8. The average molecular weight is 593 g/mol. The monoisotopic (exact) mass is 592 g/mol. The predicted octanol–water partition coefficient (Wildman–Crippen LogP) is 5.14. The summed E-state index contributed by atoms with van der Waals surface area (Å²) in [5, 5.41) is 25.7. The van der Waals surface area contributed by atoms with Gasteiger partial charge >= 0.3 is 0 Å². The highest BCUT2D eigenvalue weighted by Crippen LogP contribution is 2.59. The lowest BCUT2D eigenvalue weighted by molar-refractivity contribution is -0.275.